The van der Waals surface area contributed by atoms with Gasteiger partial charge in [0.15, 0.2) is 17.0 Å². The molecule has 56 heavy (non-hydrogen) atoms. The molecule has 1 amide bonds. The summed E-state index contributed by atoms with van der Waals surface area (Å²) in [6, 6.07) is 13.7. The number of benzene rings is 2. The molecule has 296 valence electrons. The summed E-state index contributed by atoms with van der Waals surface area (Å²) in [7, 11) is 1.88. The van der Waals surface area contributed by atoms with E-state index < -0.39 is 0 Å². The van der Waals surface area contributed by atoms with Crippen LogP contribution in [0, 0.1) is 0 Å². The van der Waals surface area contributed by atoms with Gasteiger partial charge in [-0.25, -0.2) is 14.8 Å². The number of halogens is 1. The average Bonchev–Trinajstić information content (AvgIpc) is 3.96. The number of H-pyrrole nitrogens is 1. The number of aromatic nitrogens is 8. The highest BCUT2D eigenvalue weighted by molar-refractivity contribution is 6.34. The fraction of sp³-hybridized carbons (Fsp3) is 0.450. The standard InChI is InChI=1S/C40H51ClN12O3/c1-51-26-30(24-46-51)53-28-45-36-37(49-39(50-38(36)53)52-18-20-55-21-19-52)44-25-35-47-33-22-31(41)32(23-34(33)48-35)42-16-12-7-5-3-2-4-6-8-13-17-43-40(54)56-27-29-14-10-9-11-15-29/h9-11,14-15,22-24,26,28,42H,2-8,12-13,16-21,25,27H2,1H3,(H,43,54)(H,47,48)(H,44,49,50). The third kappa shape index (κ3) is 10.5. The Balaban J connectivity index is 0.820. The van der Waals surface area contributed by atoms with Gasteiger partial charge in [0, 0.05) is 39.4 Å². The Morgan fingerprint density at radius 2 is 1.68 bits per heavy atom. The number of carbonyl (C=O) groups is 1. The molecular formula is C40H51ClN12O3. The Morgan fingerprint density at radius 3 is 2.43 bits per heavy atom. The highest BCUT2D eigenvalue weighted by atomic mass is 35.5. The zero-order valence-electron chi connectivity index (χ0n) is 32.0. The average molecular weight is 783 g/mol. The molecule has 2 aromatic carbocycles. The van der Waals surface area contributed by atoms with Crippen LogP contribution in [-0.2, 0) is 29.7 Å². The lowest BCUT2D eigenvalue weighted by Gasteiger charge is -2.27. The molecule has 1 saturated heterocycles. The quantitative estimate of drug-likeness (QED) is 0.0572. The maximum atomic E-state index is 11.9. The molecular weight excluding hydrogens is 732 g/mol. The fourth-order valence-electron chi connectivity index (χ4n) is 6.78. The Hall–Kier alpha value is -5.41. The first-order valence-corrected chi connectivity index (χ1v) is 20.1. The van der Waals surface area contributed by atoms with Crippen LogP contribution in [-0.4, -0.2) is 84.8 Å². The maximum absolute atomic E-state index is 11.9. The van der Waals surface area contributed by atoms with Gasteiger partial charge in [0.05, 0.1) is 53.4 Å². The highest BCUT2D eigenvalue weighted by Crippen LogP contribution is 2.29. The van der Waals surface area contributed by atoms with E-state index in [0.29, 0.717) is 74.0 Å². The van der Waals surface area contributed by atoms with Crippen LogP contribution in [0.1, 0.15) is 69.2 Å². The van der Waals surface area contributed by atoms with E-state index in [1.165, 1.54) is 38.5 Å². The van der Waals surface area contributed by atoms with Crippen molar-refractivity contribution < 1.29 is 14.3 Å². The predicted octanol–water partition coefficient (Wildman–Crippen LogP) is 7.38. The molecule has 16 heteroatoms. The van der Waals surface area contributed by atoms with Crippen molar-refractivity contribution in [2.75, 3.05) is 54.9 Å². The number of rotatable bonds is 20. The minimum Gasteiger partial charge on any atom is -0.445 e. The Kier molecular flexibility index (Phi) is 13.5. The fourth-order valence-corrected chi connectivity index (χ4v) is 7.01. The van der Waals surface area contributed by atoms with E-state index in [2.05, 4.69) is 35.9 Å². The van der Waals surface area contributed by atoms with Crippen LogP contribution < -0.4 is 20.9 Å². The van der Waals surface area contributed by atoms with Gasteiger partial charge in [-0.2, -0.15) is 15.1 Å². The number of hydrogen-bond donors (Lipinski definition) is 4. The van der Waals surface area contributed by atoms with Crippen molar-refractivity contribution in [1.29, 1.82) is 0 Å². The topological polar surface area (TPSA) is 165 Å². The van der Waals surface area contributed by atoms with Crippen LogP contribution in [0.3, 0.4) is 0 Å². The van der Waals surface area contributed by atoms with Gasteiger partial charge in [0.25, 0.3) is 0 Å². The van der Waals surface area contributed by atoms with Gasteiger partial charge in [0.1, 0.15) is 18.8 Å². The number of nitrogens with zero attached hydrogens (tertiary/aromatic N) is 8. The zero-order valence-corrected chi connectivity index (χ0v) is 32.7. The summed E-state index contributed by atoms with van der Waals surface area (Å²) < 4.78 is 14.5. The number of fused-ring (bicyclic) bond motifs is 2. The number of carbonyl (C=O) groups excluding carboxylic acids is 1. The van der Waals surface area contributed by atoms with E-state index in [4.69, 9.17) is 36.0 Å². The number of ether oxygens (including phenoxy) is 2. The third-order valence-electron chi connectivity index (χ3n) is 9.84. The normalized spacial score (nSPS) is 13.1. The molecule has 5 heterocycles. The molecule has 1 aliphatic heterocycles. The van der Waals surface area contributed by atoms with Gasteiger partial charge in [-0.15, -0.1) is 0 Å². The Bertz CT molecular complexity index is 2160. The minimum atomic E-state index is -0.350. The van der Waals surface area contributed by atoms with Crippen LogP contribution in [0.25, 0.3) is 27.9 Å². The predicted molar refractivity (Wildman–Crippen MR) is 220 cm³/mol. The van der Waals surface area contributed by atoms with Crippen molar-refractivity contribution in [3.8, 4) is 5.69 Å². The first kappa shape index (κ1) is 38.8. The van der Waals surface area contributed by atoms with E-state index in [1.54, 1.807) is 17.2 Å². The third-order valence-corrected chi connectivity index (χ3v) is 10.2. The van der Waals surface area contributed by atoms with E-state index >= 15 is 0 Å². The van der Waals surface area contributed by atoms with Crippen LogP contribution >= 0.6 is 11.6 Å². The molecule has 0 bridgehead atoms. The largest absolute Gasteiger partial charge is 0.445 e. The summed E-state index contributed by atoms with van der Waals surface area (Å²) in [4.78, 5) is 36.7. The Labute approximate surface area is 331 Å². The highest BCUT2D eigenvalue weighted by Gasteiger charge is 2.21. The summed E-state index contributed by atoms with van der Waals surface area (Å²) in [6.45, 7) is 4.91. The number of morpholine rings is 1. The molecule has 4 aromatic heterocycles. The molecule has 0 atom stereocenters. The number of imidazole rings is 2. The van der Waals surface area contributed by atoms with E-state index in [9.17, 15) is 4.79 Å². The summed E-state index contributed by atoms with van der Waals surface area (Å²) in [5.41, 5.74) is 5.83. The number of aromatic amines is 1. The molecule has 1 fully saturated rings. The van der Waals surface area contributed by atoms with Crippen molar-refractivity contribution in [2.24, 2.45) is 7.05 Å². The summed E-state index contributed by atoms with van der Waals surface area (Å²) in [6.07, 6.45) is 15.6. The molecule has 7 rings (SSSR count). The number of nitrogens with one attached hydrogen (secondary N) is 4. The van der Waals surface area contributed by atoms with Gasteiger partial charge >= 0.3 is 6.09 Å². The SMILES string of the molecule is Cn1cc(-n2cnc3c(NCc4nc5cc(Cl)c(NCCCCCCCCCCCNC(=O)OCc6ccccc6)cc5[nH]4)nc(N4CCOCC4)nc32)cn1. The molecule has 6 aromatic rings. The van der Waals surface area contributed by atoms with Crippen molar-refractivity contribution in [2.45, 2.75) is 70.9 Å². The molecule has 0 unspecified atom stereocenters. The van der Waals surface area contributed by atoms with Crippen LogP contribution in [0.4, 0.5) is 22.2 Å². The summed E-state index contributed by atoms with van der Waals surface area (Å²) >= 11 is 6.69. The van der Waals surface area contributed by atoms with Crippen molar-refractivity contribution in [3.05, 3.63) is 77.6 Å². The van der Waals surface area contributed by atoms with Gasteiger partial charge in [-0.1, -0.05) is 86.9 Å². The van der Waals surface area contributed by atoms with Gasteiger partial charge in [-0.05, 0) is 30.5 Å². The lowest BCUT2D eigenvalue weighted by atomic mass is 10.1. The van der Waals surface area contributed by atoms with Gasteiger partial charge < -0.3 is 35.3 Å². The first-order valence-electron chi connectivity index (χ1n) is 19.7. The molecule has 0 spiro atoms. The van der Waals surface area contributed by atoms with E-state index in [-0.39, 0.29) is 6.09 Å². The van der Waals surface area contributed by atoms with Gasteiger partial charge in [-0.3, -0.25) is 9.25 Å². The van der Waals surface area contributed by atoms with Crippen LogP contribution in [0.5, 0.6) is 0 Å². The van der Waals surface area contributed by atoms with Crippen molar-refractivity contribution >= 4 is 57.3 Å². The molecule has 0 saturated carbocycles. The first-order chi connectivity index (χ1) is 27.5. The Morgan fingerprint density at radius 1 is 0.929 bits per heavy atom. The second kappa shape index (κ2) is 19.4. The molecule has 15 nitrogen and oxygen atoms in total. The van der Waals surface area contributed by atoms with Crippen LogP contribution in [0.15, 0.2) is 61.2 Å². The monoisotopic (exact) mass is 782 g/mol. The van der Waals surface area contributed by atoms with Gasteiger partial charge in [0.2, 0.25) is 5.95 Å². The molecule has 0 radical (unpaired) electrons. The number of alkyl carbamates (subject to hydrolysis) is 1. The minimum absolute atomic E-state index is 0.300. The lowest BCUT2D eigenvalue weighted by Crippen LogP contribution is -2.37. The summed E-state index contributed by atoms with van der Waals surface area (Å²) in [5.74, 6) is 2.01. The van der Waals surface area contributed by atoms with Crippen molar-refractivity contribution in [1.82, 2.24) is 44.6 Å². The second-order valence-electron chi connectivity index (χ2n) is 14.1. The lowest BCUT2D eigenvalue weighted by molar-refractivity contribution is 0.122. The molecule has 1 aliphatic rings. The van der Waals surface area contributed by atoms with E-state index in [0.717, 1.165) is 59.6 Å². The second-order valence-corrected chi connectivity index (χ2v) is 14.5. The number of hydrogen-bond acceptors (Lipinski definition) is 11. The smallest absolute Gasteiger partial charge is 0.407 e. The number of unbranched alkanes of at least 4 members (excludes halogenated alkanes) is 8. The zero-order chi connectivity index (χ0) is 38.5. The summed E-state index contributed by atoms with van der Waals surface area (Å²) in [5, 5.41) is 14.8. The van der Waals surface area contributed by atoms with Crippen LogP contribution in [0.2, 0.25) is 5.02 Å². The number of amides is 1. The number of anilines is 3. The molecule has 4 N–H and O–H groups in total. The maximum Gasteiger partial charge on any atom is 0.407 e. The molecule has 0 aliphatic carbocycles. The number of aryl methyl sites for hydroxylation is 1. The van der Waals surface area contributed by atoms with Crippen molar-refractivity contribution in [3.63, 3.8) is 0 Å². The van der Waals surface area contributed by atoms with E-state index in [1.807, 2.05) is 60.3 Å².